The molecule has 0 aliphatic heterocycles. The Morgan fingerprint density at radius 1 is 1.00 bits per heavy atom. The van der Waals surface area contributed by atoms with Gasteiger partial charge < -0.3 is 18.8 Å². The van der Waals surface area contributed by atoms with Crippen LogP contribution in [0.3, 0.4) is 0 Å². The molecule has 0 amide bonds. The van der Waals surface area contributed by atoms with Crippen molar-refractivity contribution in [2.24, 2.45) is 17.3 Å². The lowest BCUT2D eigenvalue weighted by Crippen LogP contribution is -2.09. The Balaban J connectivity index is 2.05. The molecule has 1 aromatic heterocycles. The molecule has 2 aromatic carbocycles. The maximum absolute atomic E-state index is 5.40. The SMILES string of the molecule is COc1cc(C(C)=NN=c2sc3ccccc3n2C)cc(OC)c1OC. The molecule has 0 radical (unpaired) electrons. The Bertz CT molecular complexity index is 1010. The second-order valence-electron chi connectivity index (χ2n) is 5.61. The summed E-state index contributed by atoms with van der Waals surface area (Å²) in [6.07, 6.45) is 0. The van der Waals surface area contributed by atoms with Crippen LogP contribution in [-0.2, 0) is 7.05 Å². The molecular formula is C19H21N3O3S. The van der Waals surface area contributed by atoms with Crippen LogP contribution in [0.2, 0.25) is 0 Å². The van der Waals surface area contributed by atoms with Crippen molar-refractivity contribution in [3.63, 3.8) is 0 Å². The molecule has 0 N–H and O–H groups in total. The third kappa shape index (κ3) is 3.30. The molecule has 0 aliphatic carbocycles. The van der Waals surface area contributed by atoms with Gasteiger partial charge in [0, 0.05) is 12.6 Å². The fourth-order valence-corrected chi connectivity index (χ4v) is 3.61. The fraction of sp³-hybridized carbons (Fsp3) is 0.263. The highest BCUT2D eigenvalue weighted by molar-refractivity contribution is 7.16. The Labute approximate surface area is 156 Å². The molecule has 0 fully saturated rings. The zero-order valence-corrected chi connectivity index (χ0v) is 16.3. The van der Waals surface area contributed by atoms with E-state index in [-0.39, 0.29) is 0 Å². The van der Waals surface area contributed by atoms with E-state index in [2.05, 4.69) is 22.3 Å². The van der Waals surface area contributed by atoms with Gasteiger partial charge in [0.1, 0.15) is 0 Å². The third-order valence-electron chi connectivity index (χ3n) is 4.08. The van der Waals surface area contributed by atoms with Crippen LogP contribution in [0.5, 0.6) is 17.2 Å². The van der Waals surface area contributed by atoms with Crippen LogP contribution in [0.4, 0.5) is 0 Å². The van der Waals surface area contributed by atoms with Crippen LogP contribution < -0.4 is 19.0 Å². The number of hydrogen-bond donors (Lipinski definition) is 0. The van der Waals surface area contributed by atoms with E-state index in [4.69, 9.17) is 14.2 Å². The van der Waals surface area contributed by atoms with E-state index in [1.807, 2.05) is 42.8 Å². The minimum absolute atomic E-state index is 0.555. The average molecular weight is 371 g/mol. The van der Waals surface area contributed by atoms with E-state index in [9.17, 15) is 0 Å². The van der Waals surface area contributed by atoms with Gasteiger partial charge >= 0.3 is 0 Å². The highest BCUT2D eigenvalue weighted by Crippen LogP contribution is 2.38. The molecule has 6 nitrogen and oxygen atoms in total. The Kier molecular flexibility index (Phi) is 5.27. The number of thiazole rings is 1. The topological polar surface area (TPSA) is 57.3 Å². The van der Waals surface area contributed by atoms with Crippen LogP contribution in [0.1, 0.15) is 12.5 Å². The number of rotatable bonds is 5. The number of para-hydroxylation sites is 1. The summed E-state index contributed by atoms with van der Waals surface area (Å²) in [7, 11) is 6.75. The maximum atomic E-state index is 5.40. The summed E-state index contributed by atoms with van der Waals surface area (Å²) < 4.78 is 19.4. The lowest BCUT2D eigenvalue weighted by molar-refractivity contribution is 0.324. The predicted octanol–water partition coefficient (Wildman–Crippen LogP) is 3.59. The summed E-state index contributed by atoms with van der Waals surface area (Å²) in [5, 5.41) is 8.84. The zero-order valence-electron chi connectivity index (χ0n) is 15.4. The number of aryl methyl sites for hydroxylation is 1. The van der Waals surface area contributed by atoms with E-state index in [1.165, 1.54) is 4.70 Å². The van der Waals surface area contributed by atoms with Crippen LogP contribution in [0.15, 0.2) is 46.6 Å². The van der Waals surface area contributed by atoms with Crippen molar-refractivity contribution in [3.8, 4) is 17.2 Å². The second-order valence-corrected chi connectivity index (χ2v) is 6.62. The van der Waals surface area contributed by atoms with Crippen molar-refractivity contribution >= 4 is 27.3 Å². The van der Waals surface area contributed by atoms with Gasteiger partial charge in [0.25, 0.3) is 0 Å². The van der Waals surface area contributed by atoms with E-state index < -0.39 is 0 Å². The highest BCUT2D eigenvalue weighted by Gasteiger charge is 2.14. The van der Waals surface area contributed by atoms with Crippen LogP contribution >= 0.6 is 11.3 Å². The van der Waals surface area contributed by atoms with Gasteiger partial charge in [-0.3, -0.25) is 0 Å². The molecule has 1 heterocycles. The Hall–Kier alpha value is -2.80. The first-order chi connectivity index (χ1) is 12.6. The van der Waals surface area contributed by atoms with Crippen molar-refractivity contribution in [1.29, 1.82) is 0 Å². The van der Waals surface area contributed by atoms with Gasteiger partial charge in [-0.1, -0.05) is 23.5 Å². The lowest BCUT2D eigenvalue weighted by atomic mass is 10.1. The summed E-state index contributed by atoms with van der Waals surface area (Å²) in [5.74, 6) is 1.73. The maximum Gasteiger partial charge on any atom is 0.211 e. The smallest absolute Gasteiger partial charge is 0.211 e. The number of ether oxygens (including phenoxy) is 3. The quantitative estimate of drug-likeness (QED) is 0.509. The molecule has 0 spiro atoms. The Morgan fingerprint density at radius 3 is 2.23 bits per heavy atom. The lowest BCUT2D eigenvalue weighted by Gasteiger charge is -2.13. The highest BCUT2D eigenvalue weighted by atomic mass is 32.1. The number of benzene rings is 2. The molecule has 136 valence electrons. The first-order valence-corrected chi connectivity index (χ1v) is 8.84. The third-order valence-corrected chi connectivity index (χ3v) is 5.19. The van der Waals surface area contributed by atoms with E-state index in [0.29, 0.717) is 17.2 Å². The largest absolute Gasteiger partial charge is 0.493 e. The molecular weight excluding hydrogens is 350 g/mol. The van der Waals surface area contributed by atoms with Crippen LogP contribution in [0.25, 0.3) is 10.2 Å². The molecule has 0 aliphatic rings. The average Bonchev–Trinajstić information content (AvgIpc) is 3.00. The van der Waals surface area contributed by atoms with E-state index in [1.54, 1.807) is 32.7 Å². The van der Waals surface area contributed by atoms with E-state index in [0.717, 1.165) is 21.6 Å². The van der Waals surface area contributed by atoms with Gasteiger partial charge in [0.05, 0.1) is 37.3 Å². The molecule has 0 saturated carbocycles. The van der Waals surface area contributed by atoms with Gasteiger partial charge in [-0.05, 0) is 31.2 Å². The molecule has 3 aromatic rings. The first-order valence-electron chi connectivity index (χ1n) is 8.02. The standard InChI is InChI=1S/C19H21N3O3S/c1-12(13-10-15(23-3)18(25-5)16(11-13)24-4)20-21-19-22(2)14-8-6-7-9-17(14)26-19/h6-11H,1-5H3. The van der Waals surface area contributed by atoms with Crippen molar-refractivity contribution in [3.05, 3.63) is 46.8 Å². The van der Waals surface area contributed by atoms with Crippen molar-refractivity contribution < 1.29 is 14.2 Å². The monoisotopic (exact) mass is 371 g/mol. The number of nitrogens with zero attached hydrogens (tertiary/aromatic N) is 3. The minimum Gasteiger partial charge on any atom is -0.493 e. The molecule has 0 atom stereocenters. The summed E-state index contributed by atoms with van der Waals surface area (Å²) in [4.78, 5) is 0.831. The molecule has 0 unspecified atom stereocenters. The summed E-state index contributed by atoms with van der Waals surface area (Å²) >= 11 is 1.60. The number of hydrogen-bond acceptors (Lipinski definition) is 6. The number of fused-ring (bicyclic) bond motifs is 1. The van der Waals surface area contributed by atoms with Crippen molar-refractivity contribution in [2.45, 2.75) is 6.92 Å². The molecule has 7 heteroatoms. The first kappa shape index (κ1) is 18.0. The molecule has 26 heavy (non-hydrogen) atoms. The normalized spacial score (nSPS) is 12.5. The molecule has 0 saturated heterocycles. The van der Waals surface area contributed by atoms with Gasteiger partial charge in [-0.15, -0.1) is 5.10 Å². The fourth-order valence-electron chi connectivity index (χ4n) is 2.64. The molecule has 3 rings (SSSR count). The van der Waals surface area contributed by atoms with Crippen molar-refractivity contribution in [2.75, 3.05) is 21.3 Å². The van der Waals surface area contributed by atoms with Crippen LogP contribution in [0, 0.1) is 0 Å². The number of aromatic nitrogens is 1. The van der Waals surface area contributed by atoms with Crippen molar-refractivity contribution in [1.82, 2.24) is 4.57 Å². The zero-order chi connectivity index (χ0) is 18.7. The minimum atomic E-state index is 0.555. The number of methoxy groups -OCH3 is 3. The van der Waals surface area contributed by atoms with Gasteiger partial charge in [-0.25, -0.2) is 0 Å². The van der Waals surface area contributed by atoms with Crippen LogP contribution in [-0.4, -0.2) is 31.6 Å². The van der Waals surface area contributed by atoms with Gasteiger partial charge in [-0.2, -0.15) is 5.10 Å². The van der Waals surface area contributed by atoms with E-state index >= 15 is 0 Å². The predicted molar refractivity (Wildman–Crippen MR) is 105 cm³/mol. The summed E-state index contributed by atoms with van der Waals surface area (Å²) in [5.41, 5.74) is 2.74. The van der Waals surface area contributed by atoms with Gasteiger partial charge in [0.15, 0.2) is 11.5 Å². The summed E-state index contributed by atoms with van der Waals surface area (Å²) in [6.45, 7) is 1.90. The summed E-state index contributed by atoms with van der Waals surface area (Å²) in [6, 6.07) is 11.9. The second kappa shape index (κ2) is 7.61. The molecule has 0 bridgehead atoms. The van der Waals surface area contributed by atoms with Gasteiger partial charge in [0.2, 0.25) is 10.6 Å². The Morgan fingerprint density at radius 2 is 1.65 bits per heavy atom.